The van der Waals surface area contributed by atoms with Gasteiger partial charge in [-0.15, -0.1) is 0 Å². The van der Waals surface area contributed by atoms with Crippen LogP contribution >= 0.6 is 0 Å². The summed E-state index contributed by atoms with van der Waals surface area (Å²) in [5.41, 5.74) is 5.81. The number of hydrazine groups is 1. The Morgan fingerprint density at radius 3 is 2.50 bits per heavy atom. The third-order valence-electron chi connectivity index (χ3n) is 3.22. The fourth-order valence-corrected chi connectivity index (χ4v) is 2.07. The summed E-state index contributed by atoms with van der Waals surface area (Å²) in [6.45, 7) is 3.90. The Balaban J connectivity index is 2.18. The number of hydrogen-bond acceptors (Lipinski definition) is 3. The summed E-state index contributed by atoms with van der Waals surface area (Å²) in [4.78, 5) is 12.4. The molecule has 0 bridgehead atoms. The zero-order chi connectivity index (χ0) is 14.5. The van der Waals surface area contributed by atoms with Gasteiger partial charge in [0.2, 0.25) is 0 Å². The second kappa shape index (κ2) is 6.21. The number of benzene rings is 2. The maximum atomic E-state index is 12.4. The SMILES string of the molecule is Cc1ccc(NN)c(C(=O)NC(C)c2ccccc2)c1. The lowest BCUT2D eigenvalue weighted by atomic mass is 10.1. The first kappa shape index (κ1) is 14.1. The van der Waals surface area contributed by atoms with Crippen LogP contribution in [0.5, 0.6) is 0 Å². The van der Waals surface area contributed by atoms with E-state index >= 15 is 0 Å². The van der Waals surface area contributed by atoms with Crippen molar-refractivity contribution in [3.05, 3.63) is 65.2 Å². The normalized spacial score (nSPS) is 11.8. The summed E-state index contributed by atoms with van der Waals surface area (Å²) >= 11 is 0. The molecular weight excluding hydrogens is 250 g/mol. The zero-order valence-corrected chi connectivity index (χ0v) is 11.7. The van der Waals surface area contributed by atoms with E-state index in [0.29, 0.717) is 11.3 Å². The number of nitrogens with two attached hydrogens (primary N) is 1. The predicted octanol–water partition coefficient (Wildman–Crippen LogP) is 2.77. The average molecular weight is 269 g/mol. The Labute approximate surface area is 119 Å². The van der Waals surface area contributed by atoms with Gasteiger partial charge in [0.05, 0.1) is 17.3 Å². The van der Waals surface area contributed by atoms with E-state index in [1.54, 1.807) is 6.07 Å². The van der Waals surface area contributed by atoms with E-state index < -0.39 is 0 Å². The van der Waals surface area contributed by atoms with Crippen molar-refractivity contribution in [2.24, 2.45) is 5.84 Å². The molecule has 2 aromatic rings. The highest BCUT2D eigenvalue weighted by molar-refractivity contribution is 5.99. The van der Waals surface area contributed by atoms with Crippen LogP contribution in [0.25, 0.3) is 0 Å². The number of aryl methyl sites for hydroxylation is 1. The molecular formula is C16H19N3O. The Bertz CT molecular complexity index is 596. The standard InChI is InChI=1S/C16H19N3O/c1-11-8-9-15(19-17)14(10-11)16(20)18-12(2)13-6-4-3-5-7-13/h3-10,12,19H,17H2,1-2H3,(H,18,20). The van der Waals surface area contributed by atoms with E-state index in [2.05, 4.69) is 10.7 Å². The molecule has 4 nitrogen and oxygen atoms in total. The molecule has 0 saturated carbocycles. The lowest BCUT2D eigenvalue weighted by Gasteiger charge is -2.16. The second-order valence-electron chi connectivity index (χ2n) is 4.80. The molecule has 0 aromatic heterocycles. The number of hydrogen-bond donors (Lipinski definition) is 3. The molecule has 1 unspecified atom stereocenters. The van der Waals surface area contributed by atoms with Gasteiger partial charge in [-0.25, -0.2) is 0 Å². The van der Waals surface area contributed by atoms with Crippen LogP contribution in [-0.2, 0) is 0 Å². The van der Waals surface area contributed by atoms with Gasteiger partial charge in [0, 0.05) is 0 Å². The van der Waals surface area contributed by atoms with Crippen LogP contribution in [0.15, 0.2) is 48.5 Å². The molecule has 2 rings (SSSR count). The van der Waals surface area contributed by atoms with Crippen molar-refractivity contribution in [3.63, 3.8) is 0 Å². The Hall–Kier alpha value is -2.33. The van der Waals surface area contributed by atoms with E-state index in [-0.39, 0.29) is 11.9 Å². The third-order valence-corrected chi connectivity index (χ3v) is 3.22. The van der Waals surface area contributed by atoms with Crippen molar-refractivity contribution < 1.29 is 4.79 Å². The Morgan fingerprint density at radius 1 is 1.15 bits per heavy atom. The van der Waals surface area contributed by atoms with Crippen LogP contribution in [-0.4, -0.2) is 5.91 Å². The minimum atomic E-state index is -0.141. The fourth-order valence-electron chi connectivity index (χ4n) is 2.07. The lowest BCUT2D eigenvalue weighted by molar-refractivity contribution is 0.0940. The number of anilines is 1. The Kier molecular flexibility index (Phi) is 4.38. The molecule has 2 aromatic carbocycles. The molecule has 0 heterocycles. The smallest absolute Gasteiger partial charge is 0.253 e. The van der Waals surface area contributed by atoms with Gasteiger partial charge < -0.3 is 10.7 Å². The first-order valence-electron chi connectivity index (χ1n) is 6.55. The first-order chi connectivity index (χ1) is 9.61. The number of nitrogens with one attached hydrogen (secondary N) is 2. The minimum Gasteiger partial charge on any atom is -0.345 e. The van der Waals surface area contributed by atoms with E-state index in [0.717, 1.165) is 11.1 Å². The van der Waals surface area contributed by atoms with Gasteiger partial charge in [0.25, 0.3) is 5.91 Å². The molecule has 4 N–H and O–H groups in total. The van der Waals surface area contributed by atoms with Gasteiger partial charge in [-0.3, -0.25) is 10.6 Å². The third kappa shape index (κ3) is 3.16. The topological polar surface area (TPSA) is 67.1 Å². The summed E-state index contributed by atoms with van der Waals surface area (Å²) in [5.74, 6) is 5.31. The molecule has 0 fully saturated rings. The highest BCUT2D eigenvalue weighted by Gasteiger charge is 2.14. The van der Waals surface area contributed by atoms with E-state index in [1.807, 2.05) is 56.3 Å². The lowest BCUT2D eigenvalue weighted by Crippen LogP contribution is -2.28. The van der Waals surface area contributed by atoms with Crippen molar-refractivity contribution >= 4 is 11.6 Å². The van der Waals surface area contributed by atoms with E-state index in [9.17, 15) is 4.79 Å². The molecule has 0 aliphatic carbocycles. The van der Waals surface area contributed by atoms with Gasteiger partial charge in [0.15, 0.2) is 0 Å². The van der Waals surface area contributed by atoms with Crippen molar-refractivity contribution in [1.29, 1.82) is 0 Å². The summed E-state index contributed by atoms with van der Waals surface area (Å²) in [7, 11) is 0. The van der Waals surface area contributed by atoms with Crippen molar-refractivity contribution in [1.82, 2.24) is 5.32 Å². The zero-order valence-electron chi connectivity index (χ0n) is 11.7. The van der Waals surface area contributed by atoms with Crippen LogP contribution in [0, 0.1) is 6.92 Å². The summed E-state index contributed by atoms with van der Waals surface area (Å²) in [5, 5.41) is 2.98. The van der Waals surface area contributed by atoms with Crippen LogP contribution in [0.3, 0.4) is 0 Å². The molecule has 20 heavy (non-hydrogen) atoms. The summed E-state index contributed by atoms with van der Waals surface area (Å²) in [6.07, 6.45) is 0. The molecule has 0 aliphatic heterocycles. The second-order valence-corrected chi connectivity index (χ2v) is 4.80. The molecule has 4 heteroatoms. The van der Waals surface area contributed by atoms with Gasteiger partial charge in [-0.05, 0) is 31.5 Å². The fraction of sp³-hybridized carbons (Fsp3) is 0.188. The molecule has 0 radical (unpaired) electrons. The molecule has 0 spiro atoms. The van der Waals surface area contributed by atoms with Crippen LogP contribution in [0.4, 0.5) is 5.69 Å². The highest BCUT2D eigenvalue weighted by Crippen LogP contribution is 2.18. The first-order valence-corrected chi connectivity index (χ1v) is 6.55. The van der Waals surface area contributed by atoms with Crippen LogP contribution in [0.1, 0.15) is 34.5 Å². The van der Waals surface area contributed by atoms with E-state index in [4.69, 9.17) is 5.84 Å². The summed E-state index contributed by atoms with van der Waals surface area (Å²) in [6, 6.07) is 15.3. The number of carbonyl (C=O) groups excluding carboxylic acids is 1. The quantitative estimate of drug-likeness (QED) is 0.590. The number of carbonyl (C=O) groups is 1. The monoisotopic (exact) mass is 269 g/mol. The maximum Gasteiger partial charge on any atom is 0.253 e. The minimum absolute atomic E-state index is 0.0603. The molecule has 104 valence electrons. The van der Waals surface area contributed by atoms with E-state index in [1.165, 1.54) is 0 Å². The Morgan fingerprint density at radius 2 is 1.85 bits per heavy atom. The predicted molar refractivity (Wildman–Crippen MR) is 81.3 cm³/mol. The van der Waals surface area contributed by atoms with Gasteiger partial charge in [-0.2, -0.15) is 0 Å². The maximum absolute atomic E-state index is 12.4. The highest BCUT2D eigenvalue weighted by atomic mass is 16.1. The summed E-state index contributed by atoms with van der Waals surface area (Å²) < 4.78 is 0. The molecule has 0 aliphatic rings. The average Bonchev–Trinajstić information content (AvgIpc) is 2.48. The van der Waals surface area contributed by atoms with Crippen molar-refractivity contribution in [2.75, 3.05) is 5.43 Å². The van der Waals surface area contributed by atoms with Crippen molar-refractivity contribution in [2.45, 2.75) is 19.9 Å². The molecule has 1 amide bonds. The largest absolute Gasteiger partial charge is 0.345 e. The molecule has 1 atom stereocenters. The van der Waals surface area contributed by atoms with Gasteiger partial charge in [-0.1, -0.05) is 42.0 Å². The van der Waals surface area contributed by atoms with Gasteiger partial charge in [0.1, 0.15) is 0 Å². The van der Waals surface area contributed by atoms with Crippen LogP contribution in [0.2, 0.25) is 0 Å². The number of rotatable bonds is 4. The number of nitrogen functional groups attached to an aromatic ring is 1. The molecule has 0 saturated heterocycles. The van der Waals surface area contributed by atoms with Crippen LogP contribution < -0.4 is 16.6 Å². The van der Waals surface area contributed by atoms with Crippen molar-refractivity contribution in [3.8, 4) is 0 Å². The van der Waals surface area contributed by atoms with Gasteiger partial charge >= 0.3 is 0 Å². The number of amides is 1.